The molecular formula is C22H28N4O2S. The average molecular weight is 413 g/mol. The predicted molar refractivity (Wildman–Crippen MR) is 117 cm³/mol. The van der Waals surface area contributed by atoms with Crippen LogP contribution in [0.4, 0.5) is 10.8 Å². The van der Waals surface area contributed by atoms with Crippen molar-refractivity contribution in [1.82, 2.24) is 9.88 Å². The van der Waals surface area contributed by atoms with Gasteiger partial charge in [-0.15, -0.1) is 11.3 Å². The zero-order valence-corrected chi connectivity index (χ0v) is 18.1. The Bertz CT molecular complexity index is 911. The van der Waals surface area contributed by atoms with Gasteiger partial charge in [0, 0.05) is 49.6 Å². The number of nitrogens with one attached hydrogen (secondary N) is 1. The summed E-state index contributed by atoms with van der Waals surface area (Å²) < 4.78 is 0. The van der Waals surface area contributed by atoms with E-state index in [2.05, 4.69) is 16.3 Å². The Labute approximate surface area is 175 Å². The minimum Gasteiger partial charge on any atom is -0.345 e. The molecule has 7 heteroatoms. The molecule has 1 N–H and O–H groups in total. The summed E-state index contributed by atoms with van der Waals surface area (Å²) in [6, 6.07) is 6.15. The van der Waals surface area contributed by atoms with Gasteiger partial charge in [-0.25, -0.2) is 4.98 Å². The largest absolute Gasteiger partial charge is 0.345 e. The van der Waals surface area contributed by atoms with Gasteiger partial charge in [0.25, 0.3) is 0 Å². The molecule has 0 spiro atoms. The smallest absolute Gasteiger partial charge is 0.227 e. The molecule has 1 saturated heterocycles. The molecular weight excluding hydrogens is 384 g/mol. The minimum absolute atomic E-state index is 0.00817. The van der Waals surface area contributed by atoms with Crippen LogP contribution in [-0.2, 0) is 22.4 Å². The lowest BCUT2D eigenvalue weighted by Crippen LogP contribution is -2.48. The topological polar surface area (TPSA) is 65.5 Å². The standard InChI is InChI=1S/C22H28N4O2S/c1-14-10-15(2)12-18(11-14)23-21(28)17-4-5-19-20(13-17)29-22(24-19)26-8-6-25(7-9-26)16(3)27/h10-12,17H,4-9,13H2,1-3H3,(H,23,28)/t17-/m1/s1. The number of amides is 2. The first-order valence-corrected chi connectivity index (χ1v) is 11.1. The first kappa shape index (κ1) is 19.9. The zero-order chi connectivity index (χ0) is 20.5. The van der Waals surface area contributed by atoms with Crippen LogP contribution < -0.4 is 10.2 Å². The van der Waals surface area contributed by atoms with E-state index in [0.717, 1.165) is 73.1 Å². The molecule has 0 unspecified atom stereocenters. The highest BCUT2D eigenvalue weighted by Gasteiger charge is 2.29. The lowest BCUT2D eigenvalue weighted by atomic mass is 9.90. The Hall–Kier alpha value is -2.41. The van der Waals surface area contributed by atoms with Gasteiger partial charge in [0.2, 0.25) is 11.8 Å². The molecule has 1 aromatic carbocycles. The third-order valence-electron chi connectivity index (χ3n) is 5.78. The maximum absolute atomic E-state index is 12.8. The zero-order valence-electron chi connectivity index (χ0n) is 17.3. The molecule has 2 heterocycles. The van der Waals surface area contributed by atoms with E-state index in [0.29, 0.717) is 0 Å². The summed E-state index contributed by atoms with van der Waals surface area (Å²) in [6.45, 7) is 8.86. The fraction of sp³-hybridized carbons (Fsp3) is 0.500. The van der Waals surface area contributed by atoms with Gasteiger partial charge in [0.1, 0.15) is 0 Å². The molecule has 6 nitrogen and oxygen atoms in total. The normalized spacial score (nSPS) is 19.1. The van der Waals surface area contributed by atoms with Crippen LogP contribution in [0.2, 0.25) is 0 Å². The maximum Gasteiger partial charge on any atom is 0.227 e. The van der Waals surface area contributed by atoms with Gasteiger partial charge < -0.3 is 15.1 Å². The summed E-state index contributed by atoms with van der Waals surface area (Å²) in [6.07, 6.45) is 2.45. The van der Waals surface area contributed by atoms with E-state index in [-0.39, 0.29) is 17.7 Å². The number of aryl methyl sites for hydroxylation is 3. The summed E-state index contributed by atoms with van der Waals surface area (Å²) in [4.78, 5) is 34.6. The van der Waals surface area contributed by atoms with E-state index in [1.54, 1.807) is 18.3 Å². The first-order chi connectivity index (χ1) is 13.9. The van der Waals surface area contributed by atoms with Gasteiger partial charge in [-0.1, -0.05) is 6.07 Å². The number of hydrogen-bond acceptors (Lipinski definition) is 5. The van der Waals surface area contributed by atoms with Crippen molar-refractivity contribution in [2.24, 2.45) is 5.92 Å². The Morgan fingerprint density at radius 1 is 1.10 bits per heavy atom. The van der Waals surface area contributed by atoms with Crippen LogP contribution in [0.3, 0.4) is 0 Å². The summed E-state index contributed by atoms with van der Waals surface area (Å²) in [5, 5.41) is 4.14. The van der Waals surface area contributed by atoms with E-state index < -0.39 is 0 Å². The van der Waals surface area contributed by atoms with E-state index in [1.165, 1.54) is 4.88 Å². The molecule has 29 heavy (non-hydrogen) atoms. The number of aromatic nitrogens is 1. The highest BCUT2D eigenvalue weighted by atomic mass is 32.1. The molecule has 1 atom stereocenters. The number of nitrogens with zero attached hydrogens (tertiary/aromatic N) is 3. The first-order valence-electron chi connectivity index (χ1n) is 10.3. The average Bonchev–Trinajstić information content (AvgIpc) is 3.10. The van der Waals surface area contributed by atoms with Gasteiger partial charge in [0.05, 0.1) is 5.69 Å². The van der Waals surface area contributed by atoms with Gasteiger partial charge in [-0.2, -0.15) is 0 Å². The quantitative estimate of drug-likeness (QED) is 0.841. The Morgan fingerprint density at radius 2 is 1.79 bits per heavy atom. The molecule has 154 valence electrons. The molecule has 1 aliphatic heterocycles. The van der Waals surface area contributed by atoms with Crippen LogP contribution in [-0.4, -0.2) is 47.9 Å². The minimum atomic E-state index is -0.00817. The van der Waals surface area contributed by atoms with Crippen LogP contribution in [0.5, 0.6) is 0 Å². The molecule has 1 aromatic heterocycles. The molecule has 1 fully saturated rings. The lowest BCUT2D eigenvalue weighted by molar-refractivity contribution is -0.129. The van der Waals surface area contributed by atoms with Crippen LogP contribution in [0.1, 0.15) is 35.0 Å². The van der Waals surface area contributed by atoms with E-state index >= 15 is 0 Å². The summed E-state index contributed by atoms with van der Waals surface area (Å²) in [5.74, 6) is 0.234. The highest BCUT2D eigenvalue weighted by Crippen LogP contribution is 2.35. The van der Waals surface area contributed by atoms with Crippen LogP contribution in [0.25, 0.3) is 0 Å². The maximum atomic E-state index is 12.8. The fourth-order valence-electron chi connectivity index (χ4n) is 4.22. The van der Waals surface area contributed by atoms with Crippen molar-refractivity contribution >= 4 is 34.0 Å². The molecule has 4 rings (SSSR count). The number of anilines is 2. The van der Waals surface area contributed by atoms with Crippen LogP contribution in [0, 0.1) is 19.8 Å². The predicted octanol–water partition coefficient (Wildman–Crippen LogP) is 3.17. The van der Waals surface area contributed by atoms with Gasteiger partial charge in [0.15, 0.2) is 5.13 Å². The summed E-state index contributed by atoms with van der Waals surface area (Å²) in [7, 11) is 0. The second-order valence-corrected chi connectivity index (χ2v) is 9.23. The number of fused-ring (bicyclic) bond motifs is 1. The monoisotopic (exact) mass is 412 g/mol. The van der Waals surface area contributed by atoms with E-state index in [1.807, 2.05) is 30.9 Å². The number of rotatable bonds is 3. The third kappa shape index (κ3) is 4.45. The Morgan fingerprint density at radius 3 is 2.45 bits per heavy atom. The fourth-order valence-corrected chi connectivity index (χ4v) is 5.46. The van der Waals surface area contributed by atoms with Crippen molar-refractivity contribution in [2.45, 2.75) is 40.0 Å². The lowest BCUT2D eigenvalue weighted by Gasteiger charge is -2.33. The van der Waals surface area contributed by atoms with Gasteiger partial charge in [-0.3, -0.25) is 9.59 Å². The Kier molecular flexibility index (Phi) is 5.58. The van der Waals surface area contributed by atoms with E-state index in [9.17, 15) is 9.59 Å². The molecule has 0 radical (unpaired) electrons. The van der Waals surface area contributed by atoms with Gasteiger partial charge in [-0.05, 0) is 56.4 Å². The number of carbonyl (C=O) groups excluding carboxylic acids is 2. The number of carbonyl (C=O) groups is 2. The van der Waals surface area contributed by atoms with Crippen molar-refractivity contribution in [1.29, 1.82) is 0 Å². The number of thiazole rings is 1. The number of hydrogen-bond donors (Lipinski definition) is 1. The molecule has 0 saturated carbocycles. The molecule has 0 bridgehead atoms. The van der Waals surface area contributed by atoms with Crippen molar-refractivity contribution in [3.8, 4) is 0 Å². The molecule has 2 aromatic rings. The van der Waals surface area contributed by atoms with E-state index in [4.69, 9.17) is 4.98 Å². The van der Waals surface area contributed by atoms with Gasteiger partial charge >= 0.3 is 0 Å². The second-order valence-electron chi connectivity index (χ2n) is 8.16. The number of benzene rings is 1. The summed E-state index contributed by atoms with van der Waals surface area (Å²) >= 11 is 1.72. The van der Waals surface area contributed by atoms with Crippen molar-refractivity contribution in [2.75, 3.05) is 36.4 Å². The molecule has 2 amide bonds. The Balaban J connectivity index is 1.40. The second kappa shape index (κ2) is 8.14. The summed E-state index contributed by atoms with van der Waals surface area (Å²) in [5.41, 5.74) is 4.34. The van der Waals surface area contributed by atoms with Crippen molar-refractivity contribution < 1.29 is 9.59 Å². The van der Waals surface area contributed by atoms with Crippen LogP contribution in [0.15, 0.2) is 18.2 Å². The SMILES string of the molecule is CC(=O)N1CCN(c2nc3c(s2)C[C@H](C(=O)Nc2cc(C)cc(C)c2)CC3)CC1. The van der Waals surface area contributed by atoms with Crippen molar-refractivity contribution in [3.63, 3.8) is 0 Å². The molecule has 1 aliphatic carbocycles. The van der Waals surface area contributed by atoms with Crippen molar-refractivity contribution in [3.05, 3.63) is 39.9 Å². The third-order valence-corrected chi connectivity index (χ3v) is 6.96. The highest BCUT2D eigenvalue weighted by molar-refractivity contribution is 7.15. The number of piperazine rings is 1. The molecule has 2 aliphatic rings. The van der Waals surface area contributed by atoms with Crippen LogP contribution >= 0.6 is 11.3 Å².